The number of esters is 2. The minimum Gasteiger partial charge on any atom is -0.545 e. The van der Waals surface area contributed by atoms with Gasteiger partial charge in [-0.2, -0.15) is 0 Å². The molecule has 0 saturated heterocycles. The summed E-state index contributed by atoms with van der Waals surface area (Å²) in [7, 11) is 5.91. The van der Waals surface area contributed by atoms with Gasteiger partial charge in [-0.1, -0.05) is 214 Å². The average molecular weight is 952 g/mol. The summed E-state index contributed by atoms with van der Waals surface area (Å²) in [6.07, 6.45) is 61.9. The quantitative estimate of drug-likeness (QED) is 0.0195. The van der Waals surface area contributed by atoms with E-state index in [1.54, 1.807) is 0 Å². The molecule has 390 valence electrons. The maximum atomic E-state index is 12.8. The number of ether oxygens (including phenoxy) is 4. The third-order valence-corrected chi connectivity index (χ3v) is 11.4. The van der Waals surface area contributed by atoms with Crippen LogP contribution in [0.3, 0.4) is 0 Å². The van der Waals surface area contributed by atoms with Crippen LogP contribution in [0.5, 0.6) is 0 Å². The summed E-state index contributed by atoms with van der Waals surface area (Å²) in [5.41, 5.74) is 0. The van der Waals surface area contributed by atoms with Crippen molar-refractivity contribution in [3.05, 3.63) is 85.1 Å². The van der Waals surface area contributed by atoms with E-state index in [4.69, 9.17) is 18.9 Å². The molecule has 9 nitrogen and oxygen atoms in total. The van der Waals surface area contributed by atoms with Crippen molar-refractivity contribution in [2.24, 2.45) is 0 Å². The molecule has 0 spiro atoms. The molecule has 0 bridgehead atoms. The zero-order chi connectivity index (χ0) is 49.9. The van der Waals surface area contributed by atoms with Crippen molar-refractivity contribution in [2.45, 2.75) is 225 Å². The number of aliphatic carboxylic acids is 1. The Hall–Kier alpha value is -3.53. The van der Waals surface area contributed by atoms with Gasteiger partial charge in [-0.15, -0.1) is 0 Å². The van der Waals surface area contributed by atoms with Crippen LogP contribution < -0.4 is 5.11 Å². The van der Waals surface area contributed by atoms with Gasteiger partial charge in [0, 0.05) is 12.8 Å². The Kier molecular flexibility index (Phi) is 47.3. The van der Waals surface area contributed by atoms with Gasteiger partial charge in [0.15, 0.2) is 12.4 Å². The molecule has 0 saturated carbocycles. The Morgan fingerprint density at radius 2 is 0.838 bits per heavy atom. The molecule has 0 N–H and O–H groups in total. The molecule has 2 unspecified atom stereocenters. The number of likely N-dealkylation sites (N-methyl/N-ethyl adjacent to an activating group) is 1. The van der Waals surface area contributed by atoms with Crippen LogP contribution in [0.1, 0.15) is 213 Å². The van der Waals surface area contributed by atoms with Gasteiger partial charge in [-0.3, -0.25) is 9.59 Å². The molecule has 0 rings (SSSR count). The lowest BCUT2D eigenvalue weighted by molar-refractivity contribution is -0.870. The van der Waals surface area contributed by atoms with E-state index in [-0.39, 0.29) is 38.6 Å². The summed E-state index contributed by atoms with van der Waals surface area (Å²) in [5.74, 6) is -2.31. The molecule has 0 fully saturated rings. The first kappa shape index (κ1) is 64.5. The Balaban J connectivity index is 4.35. The topological polar surface area (TPSA) is 111 Å². The molecule has 0 aromatic heterocycles. The van der Waals surface area contributed by atoms with Crippen molar-refractivity contribution in [1.82, 2.24) is 0 Å². The molecule has 0 aliphatic carbocycles. The zero-order valence-electron chi connectivity index (χ0n) is 44.2. The number of carboxylic acid groups (broad SMARTS) is 1. The Morgan fingerprint density at radius 3 is 1.25 bits per heavy atom. The lowest BCUT2D eigenvalue weighted by Gasteiger charge is -2.26. The highest BCUT2D eigenvalue weighted by molar-refractivity contribution is 5.70. The maximum Gasteiger partial charge on any atom is 0.306 e. The number of hydrogen-bond acceptors (Lipinski definition) is 8. The summed E-state index contributed by atoms with van der Waals surface area (Å²) in [6.45, 7) is 4.61. The number of nitrogens with zero attached hydrogens (tertiary/aromatic N) is 1. The lowest BCUT2D eigenvalue weighted by atomic mass is 10.0. The third kappa shape index (κ3) is 50.3. The average Bonchev–Trinajstić information content (AvgIpc) is 3.30. The molecule has 0 aliphatic rings. The van der Waals surface area contributed by atoms with Gasteiger partial charge in [0.25, 0.3) is 0 Å². The van der Waals surface area contributed by atoms with Gasteiger partial charge in [-0.25, -0.2) is 0 Å². The van der Waals surface area contributed by atoms with E-state index in [9.17, 15) is 19.5 Å². The van der Waals surface area contributed by atoms with Crippen molar-refractivity contribution in [3.63, 3.8) is 0 Å². The second kappa shape index (κ2) is 49.9. The number of allylic oxidation sites excluding steroid dienone is 14. The van der Waals surface area contributed by atoms with Crippen LogP contribution in [0.25, 0.3) is 0 Å². The molecule has 0 aromatic carbocycles. The molecule has 0 heterocycles. The van der Waals surface area contributed by atoms with E-state index in [1.165, 1.54) is 83.5 Å². The monoisotopic (exact) mass is 952 g/mol. The van der Waals surface area contributed by atoms with E-state index in [0.717, 1.165) is 96.3 Å². The van der Waals surface area contributed by atoms with Crippen LogP contribution >= 0.6 is 0 Å². The first-order chi connectivity index (χ1) is 33.1. The largest absolute Gasteiger partial charge is 0.545 e. The van der Waals surface area contributed by atoms with E-state index >= 15 is 0 Å². The number of rotatable bonds is 49. The van der Waals surface area contributed by atoms with Crippen LogP contribution in [0.15, 0.2) is 85.1 Å². The SMILES string of the molecule is CC/C=C\C/C=C\C/C=C\C/C=C\C/C=C\C/C=C\C/C=C\CCCCCCCC(=O)OC(COC(=O)CCCCCCCCCCCCCCCCCC)COC(OCC[N+](C)(C)C)C(=O)[O-]. The van der Waals surface area contributed by atoms with Gasteiger partial charge >= 0.3 is 11.9 Å². The number of carbonyl (C=O) groups excluding carboxylic acids is 3. The minimum atomic E-state index is -1.63. The van der Waals surface area contributed by atoms with Crippen molar-refractivity contribution >= 4 is 17.9 Å². The lowest BCUT2D eigenvalue weighted by Crippen LogP contribution is -2.44. The summed E-state index contributed by atoms with van der Waals surface area (Å²) < 4.78 is 22.6. The molecule has 0 radical (unpaired) electrons. The minimum absolute atomic E-state index is 0.140. The maximum absolute atomic E-state index is 12.8. The fourth-order valence-corrected chi connectivity index (χ4v) is 7.22. The Labute approximate surface area is 417 Å². The number of unbranched alkanes of at least 4 members (excludes halogenated alkanes) is 20. The predicted octanol–water partition coefficient (Wildman–Crippen LogP) is 14.3. The normalized spacial score (nSPS) is 13.5. The summed E-state index contributed by atoms with van der Waals surface area (Å²) in [6, 6.07) is 0. The molecular formula is C59H101NO8. The standard InChI is InChI=1S/C59H101NO8/c1-6-8-10-12-14-16-18-20-22-24-25-26-27-28-29-30-31-32-33-34-36-38-40-42-44-46-48-50-57(62)68-55(54-67-59(58(63)64)65-52-51-60(3,4)5)53-66-56(61)49-47-45-43-41-39-37-35-23-21-19-17-15-13-11-9-7-2/h8,10,14,16,20,22,25-26,28-29,31-32,34,36,55,59H,6-7,9,11-13,15,17-19,21,23-24,27,30,33,35,37-54H2,1-5H3/b10-8-,16-14-,22-20-,26-25-,29-28-,32-31-,36-34-. The number of carboxylic acids is 1. The van der Waals surface area contributed by atoms with E-state index < -0.39 is 24.3 Å². The predicted molar refractivity (Wildman–Crippen MR) is 283 cm³/mol. The molecule has 2 atom stereocenters. The highest BCUT2D eigenvalue weighted by Crippen LogP contribution is 2.15. The molecule has 0 amide bonds. The Morgan fingerprint density at radius 1 is 0.456 bits per heavy atom. The van der Waals surface area contributed by atoms with E-state index in [0.29, 0.717) is 17.4 Å². The van der Waals surface area contributed by atoms with Gasteiger partial charge in [0.1, 0.15) is 13.2 Å². The molecule has 0 aromatic rings. The zero-order valence-corrected chi connectivity index (χ0v) is 44.2. The number of hydrogen-bond donors (Lipinski definition) is 0. The highest BCUT2D eigenvalue weighted by Gasteiger charge is 2.22. The summed E-state index contributed by atoms with van der Waals surface area (Å²) in [4.78, 5) is 37.2. The summed E-state index contributed by atoms with van der Waals surface area (Å²) in [5, 5.41) is 11.7. The fraction of sp³-hybridized carbons (Fsp3) is 0.712. The Bertz CT molecular complexity index is 1390. The van der Waals surface area contributed by atoms with Crippen LogP contribution in [-0.4, -0.2) is 82.3 Å². The molecular weight excluding hydrogens is 851 g/mol. The van der Waals surface area contributed by atoms with Crippen molar-refractivity contribution in [1.29, 1.82) is 0 Å². The second-order valence-electron chi connectivity index (χ2n) is 19.1. The fourth-order valence-electron chi connectivity index (χ4n) is 7.22. The third-order valence-electron chi connectivity index (χ3n) is 11.4. The smallest absolute Gasteiger partial charge is 0.306 e. The molecule has 0 aliphatic heterocycles. The van der Waals surface area contributed by atoms with Crippen LogP contribution in [0.2, 0.25) is 0 Å². The number of carbonyl (C=O) groups is 3. The van der Waals surface area contributed by atoms with Gasteiger partial charge in [0.05, 0.1) is 40.3 Å². The van der Waals surface area contributed by atoms with Crippen LogP contribution in [0.4, 0.5) is 0 Å². The molecule has 9 heteroatoms. The summed E-state index contributed by atoms with van der Waals surface area (Å²) >= 11 is 0. The second-order valence-corrected chi connectivity index (χ2v) is 19.1. The van der Waals surface area contributed by atoms with Crippen molar-refractivity contribution in [3.8, 4) is 0 Å². The first-order valence-electron chi connectivity index (χ1n) is 27.2. The van der Waals surface area contributed by atoms with Gasteiger partial charge in [-0.05, 0) is 70.6 Å². The van der Waals surface area contributed by atoms with Gasteiger partial charge < -0.3 is 33.3 Å². The van der Waals surface area contributed by atoms with E-state index in [2.05, 4.69) is 98.9 Å². The van der Waals surface area contributed by atoms with Crippen LogP contribution in [0, 0.1) is 0 Å². The van der Waals surface area contributed by atoms with E-state index in [1.807, 2.05) is 21.1 Å². The highest BCUT2D eigenvalue weighted by atomic mass is 16.7. The van der Waals surface area contributed by atoms with Crippen molar-refractivity contribution < 1.29 is 42.9 Å². The first-order valence-corrected chi connectivity index (χ1v) is 27.2. The van der Waals surface area contributed by atoms with Crippen LogP contribution in [-0.2, 0) is 33.3 Å². The van der Waals surface area contributed by atoms with Crippen molar-refractivity contribution in [2.75, 3.05) is 47.5 Å². The number of quaternary nitrogens is 1. The molecule has 68 heavy (non-hydrogen) atoms. The van der Waals surface area contributed by atoms with Gasteiger partial charge in [0.2, 0.25) is 0 Å².